The summed E-state index contributed by atoms with van der Waals surface area (Å²) in [6.07, 6.45) is 3.45. The van der Waals surface area contributed by atoms with Crippen molar-refractivity contribution in [2.24, 2.45) is 7.05 Å². The van der Waals surface area contributed by atoms with E-state index in [0.717, 1.165) is 22.1 Å². The van der Waals surface area contributed by atoms with Crippen LogP contribution in [0.15, 0.2) is 66.2 Å². The Morgan fingerprint density at radius 3 is 2.74 bits per heavy atom. The van der Waals surface area contributed by atoms with Gasteiger partial charge in [-0.3, -0.25) is 0 Å². The first-order valence-corrected chi connectivity index (χ1v) is 9.65. The Morgan fingerprint density at radius 2 is 1.96 bits per heavy atom. The molecule has 4 rings (SSSR count). The minimum absolute atomic E-state index is 0.218. The van der Waals surface area contributed by atoms with Crippen molar-refractivity contribution in [1.29, 1.82) is 0 Å². The molecular formula is C19H17ClN6S. The van der Waals surface area contributed by atoms with Crippen LogP contribution in [0.4, 0.5) is 0 Å². The molecule has 1 atom stereocenters. The largest absolute Gasteiger partial charge is 0.312 e. The summed E-state index contributed by atoms with van der Waals surface area (Å²) in [4.78, 5) is 1.64. The van der Waals surface area contributed by atoms with Gasteiger partial charge in [-0.2, -0.15) is 9.90 Å². The molecule has 0 unspecified atom stereocenters. The standard InChI is InChI=1S/C19H17ClN6S/c1-13(27-19-23-21-12-25(19)2)14-5-4-8-17(10-14)26-22-11-18(24-26)15-6-3-7-16(20)9-15/h3-13H,1-2H3/t13-/m0/s1. The summed E-state index contributed by atoms with van der Waals surface area (Å²) in [7, 11) is 1.94. The summed E-state index contributed by atoms with van der Waals surface area (Å²) in [5.41, 5.74) is 3.80. The van der Waals surface area contributed by atoms with Crippen LogP contribution in [0, 0.1) is 0 Å². The normalized spacial score (nSPS) is 12.3. The van der Waals surface area contributed by atoms with Crippen molar-refractivity contribution in [2.75, 3.05) is 0 Å². The van der Waals surface area contributed by atoms with Gasteiger partial charge >= 0.3 is 0 Å². The first kappa shape index (κ1) is 17.8. The number of aromatic nitrogens is 6. The maximum absolute atomic E-state index is 6.07. The highest BCUT2D eigenvalue weighted by molar-refractivity contribution is 7.99. The molecular weight excluding hydrogens is 380 g/mol. The molecule has 2 aromatic heterocycles. The maximum Gasteiger partial charge on any atom is 0.191 e. The Morgan fingerprint density at radius 1 is 1.11 bits per heavy atom. The minimum atomic E-state index is 0.218. The Bertz CT molecular complexity index is 1070. The SMILES string of the molecule is C[C@H](Sc1nncn1C)c1cccc(-n2ncc(-c3cccc(Cl)c3)n2)c1. The average molecular weight is 397 g/mol. The zero-order valence-electron chi connectivity index (χ0n) is 14.8. The summed E-state index contributed by atoms with van der Waals surface area (Å²) < 4.78 is 1.91. The number of halogens is 1. The van der Waals surface area contributed by atoms with Crippen LogP contribution in [0.2, 0.25) is 5.02 Å². The number of hydrogen-bond acceptors (Lipinski definition) is 5. The number of hydrogen-bond donors (Lipinski definition) is 0. The molecule has 0 amide bonds. The van der Waals surface area contributed by atoms with E-state index >= 15 is 0 Å². The van der Waals surface area contributed by atoms with E-state index in [4.69, 9.17) is 11.6 Å². The summed E-state index contributed by atoms with van der Waals surface area (Å²) in [6, 6.07) is 15.8. The molecule has 136 valence electrons. The van der Waals surface area contributed by atoms with Gasteiger partial charge in [-0.15, -0.1) is 15.3 Å². The van der Waals surface area contributed by atoms with Gasteiger partial charge < -0.3 is 4.57 Å². The fourth-order valence-electron chi connectivity index (χ4n) is 2.68. The predicted octanol–water partition coefficient (Wildman–Crippen LogP) is 4.57. The van der Waals surface area contributed by atoms with Crippen LogP contribution in [-0.4, -0.2) is 29.8 Å². The quantitative estimate of drug-likeness (QED) is 0.462. The van der Waals surface area contributed by atoms with E-state index in [1.54, 1.807) is 29.1 Å². The number of rotatable bonds is 5. The van der Waals surface area contributed by atoms with Crippen molar-refractivity contribution in [2.45, 2.75) is 17.3 Å². The Kier molecular flexibility index (Phi) is 4.96. The molecule has 0 aliphatic rings. The van der Waals surface area contributed by atoms with Crippen molar-refractivity contribution in [3.63, 3.8) is 0 Å². The number of thioether (sulfide) groups is 1. The van der Waals surface area contributed by atoms with Gasteiger partial charge in [-0.05, 0) is 36.8 Å². The van der Waals surface area contributed by atoms with Crippen LogP contribution >= 0.6 is 23.4 Å². The van der Waals surface area contributed by atoms with Crippen LogP contribution in [0.1, 0.15) is 17.7 Å². The number of aryl methyl sites for hydroxylation is 1. The second-order valence-electron chi connectivity index (χ2n) is 6.11. The monoisotopic (exact) mass is 396 g/mol. The molecule has 0 N–H and O–H groups in total. The lowest BCUT2D eigenvalue weighted by molar-refractivity contribution is 0.752. The van der Waals surface area contributed by atoms with Crippen molar-refractivity contribution in [1.82, 2.24) is 29.8 Å². The van der Waals surface area contributed by atoms with E-state index in [1.165, 1.54) is 5.56 Å². The van der Waals surface area contributed by atoms with Crippen molar-refractivity contribution in [3.05, 3.63) is 71.6 Å². The van der Waals surface area contributed by atoms with Gasteiger partial charge in [0, 0.05) is 22.9 Å². The second-order valence-corrected chi connectivity index (χ2v) is 7.85. The van der Waals surface area contributed by atoms with Crippen LogP contribution in [0.25, 0.3) is 16.9 Å². The molecule has 0 bridgehead atoms. The van der Waals surface area contributed by atoms with Crippen LogP contribution in [0.3, 0.4) is 0 Å². The minimum Gasteiger partial charge on any atom is -0.312 e. The lowest BCUT2D eigenvalue weighted by Crippen LogP contribution is -2.01. The summed E-state index contributed by atoms with van der Waals surface area (Å²) in [6.45, 7) is 2.15. The zero-order valence-corrected chi connectivity index (χ0v) is 16.4. The fourth-order valence-corrected chi connectivity index (χ4v) is 3.77. The van der Waals surface area contributed by atoms with E-state index in [2.05, 4.69) is 39.5 Å². The lowest BCUT2D eigenvalue weighted by Gasteiger charge is -2.12. The van der Waals surface area contributed by atoms with Crippen LogP contribution in [0.5, 0.6) is 0 Å². The first-order valence-electron chi connectivity index (χ1n) is 8.39. The van der Waals surface area contributed by atoms with Gasteiger partial charge in [-0.25, -0.2) is 0 Å². The molecule has 2 heterocycles. The highest BCUT2D eigenvalue weighted by Crippen LogP contribution is 2.33. The summed E-state index contributed by atoms with van der Waals surface area (Å²) >= 11 is 7.74. The van der Waals surface area contributed by atoms with Gasteiger partial charge in [-0.1, -0.05) is 47.6 Å². The van der Waals surface area contributed by atoms with Crippen LogP contribution in [-0.2, 0) is 7.05 Å². The zero-order chi connectivity index (χ0) is 18.8. The molecule has 0 saturated heterocycles. The molecule has 0 aliphatic carbocycles. The van der Waals surface area contributed by atoms with Crippen molar-refractivity contribution < 1.29 is 0 Å². The fraction of sp³-hybridized carbons (Fsp3) is 0.158. The lowest BCUT2D eigenvalue weighted by atomic mass is 10.1. The van der Waals surface area contributed by atoms with E-state index < -0.39 is 0 Å². The predicted molar refractivity (Wildman–Crippen MR) is 107 cm³/mol. The molecule has 6 nitrogen and oxygen atoms in total. The van der Waals surface area contributed by atoms with Gasteiger partial charge in [0.1, 0.15) is 12.0 Å². The smallest absolute Gasteiger partial charge is 0.191 e. The third-order valence-corrected chi connectivity index (χ3v) is 5.58. The highest BCUT2D eigenvalue weighted by atomic mass is 35.5. The topological polar surface area (TPSA) is 61.4 Å². The molecule has 0 spiro atoms. The first-order chi connectivity index (χ1) is 13.1. The molecule has 0 aliphatic heterocycles. The molecule has 27 heavy (non-hydrogen) atoms. The summed E-state index contributed by atoms with van der Waals surface area (Å²) in [5, 5.41) is 18.9. The van der Waals surface area contributed by atoms with Gasteiger partial charge in [0.2, 0.25) is 0 Å². The molecule has 0 radical (unpaired) electrons. The van der Waals surface area contributed by atoms with Gasteiger partial charge in [0.25, 0.3) is 0 Å². The van der Waals surface area contributed by atoms with Gasteiger partial charge in [0.15, 0.2) is 5.16 Å². The maximum atomic E-state index is 6.07. The third kappa shape index (κ3) is 3.89. The number of nitrogens with zero attached hydrogens (tertiary/aromatic N) is 6. The Labute approximate surface area is 166 Å². The third-order valence-electron chi connectivity index (χ3n) is 4.13. The average Bonchev–Trinajstić information content (AvgIpc) is 3.32. The highest BCUT2D eigenvalue weighted by Gasteiger charge is 2.13. The van der Waals surface area contributed by atoms with E-state index in [-0.39, 0.29) is 5.25 Å². The van der Waals surface area contributed by atoms with E-state index in [1.807, 2.05) is 48.0 Å². The Balaban J connectivity index is 1.58. The molecule has 8 heteroatoms. The Hall–Kier alpha value is -2.64. The molecule has 4 aromatic rings. The van der Waals surface area contributed by atoms with Crippen molar-refractivity contribution in [3.8, 4) is 16.9 Å². The van der Waals surface area contributed by atoms with E-state index in [9.17, 15) is 0 Å². The molecule has 0 fully saturated rings. The van der Waals surface area contributed by atoms with E-state index in [0.29, 0.717) is 5.02 Å². The van der Waals surface area contributed by atoms with Crippen molar-refractivity contribution >= 4 is 23.4 Å². The summed E-state index contributed by atoms with van der Waals surface area (Å²) in [5.74, 6) is 0. The van der Waals surface area contributed by atoms with Gasteiger partial charge in [0.05, 0.1) is 11.9 Å². The van der Waals surface area contributed by atoms with Crippen LogP contribution < -0.4 is 0 Å². The molecule has 2 aromatic carbocycles. The second kappa shape index (κ2) is 7.54. The number of benzene rings is 2. The molecule has 0 saturated carbocycles.